The van der Waals surface area contributed by atoms with Gasteiger partial charge in [-0.2, -0.15) is 0 Å². The molecule has 0 bridgehead atoms. The Kier molecular flexibility index (Phi) is 6.20. The van der Waals surface area contributed by atoms with E-state index in [1.54, 1.807) is 0 Å². The van der Waals surface area contributed by atoms with Gasteiger partial charge in [-0.15, -0.1) is 0 Å². The van der Waals surface area contributed by atoms with Crippen molar-refractivity contribution in [2.45, 2.75) is 52.5 Å². The van der Waals surface area contributed by atoms with Crippen LogP contribution in [0.15, 0.2) is 24.3 Å². The fourth-order valence-corrected chi connectivity index (χ4v) is 3.03. The largest absolute Gasteiger partial charge is 0.353 e. The molecular weight excluding hydrogens is 288 g/mol. The van der Waals surface area contributed by atoms with Gasteiger partial charge in [0.15, 0.2) is 0 Å². The number of carbonyl (C=O) groups is 2. The van der Waals surface area contributed by atoms with E-state index in [-0.39, 0.29) is 23.8 Å². The van der Waals surface area contributed by atoms with Crippen LogP contribution in [0.2, 0.25) is 0 Å². The summed E-state index contributed by atoms with van der Waals surface area (Å²) in [7, 11) is 0. The number of aryl methyl sites for hydroxylation is 2. The van der Waals surface area contributed by atoms with Crippen LogP contribution in [0.5, 0.6) is 0 Å². The maximum atomic E-state index is 12.1. The molecule has 0 atom stereocenters. The van der Waals surface area contributed by atoms with Crippen LogP contribution in [-0.4, -0.2) is 35.8 Å². The summed E-state index contributed by atoms with van der Waals surface area (Å²) < 4.78 is 0. The predicted molar refractivity (Wildman–Crippen MR) is 92.1 cm³/mol. The SMILES string of the molecule is Cc1cccc(CCC(=O)NC2CCN(C(=O)C(C)C)CC2)c1. The quantitative estimate of drug-likeness (QED) is 0.908. The minimum Gasteiger partial charge on any atom is -0.353 e. The molecule has 0 radical (unpaired) electrons. The summed E-state index contributed by atoms with van der Waals surface area (Å²) in [6.45, 7) is 7.43. The summed E-state index contributed by atoms with van der Waals surface area (Å²) in [4.78, 5) is 26.0. The first-order chi connectivity index (χ1) is 11.0. The second-order valence-electron chi connectivity index (χ2n) is 6.81. The molecule has 1 aliphatic rings. The minimum atomic E-state index is 0.0514. The van der Waals surface area contributed by atoms with Crippen molar-refractivity contribution in [2.24, 2.45) is 5.92 Å². The first-order valence-electron chi connectivity index (χ1n) is 8.59. The molecule has 1 N–H and O–H groups in total. The first kappa shape index (κ1) is 17.5. The molecule has 0 unspecified atom stereocenters. The van der Waals surface area contributed by atoms with Crippen molar-refractivity contribution >= 4 is 11.8 Å². The van der Waals surface area contributed by atoms with Crippen molar-refractivity contribution in [2.75, 3.05) is 13.1 Å². The lowest BCUT2D eigenvalue weighted by molar-refractivity contribution is -0.135. The molecule has 2 rings (SSSR count). The molecule has 0 saturated carbocycles. The molecule has 4 heteroatoms. The number of hydrogen-bond acceptors (Lipinski definition) is 2. The van der Waals surface area contributed by atoms with E-state index in [0.29, 0.717) is 6.42 Å². The van der Waals surface area contributed by atoms with Crippen molar-refractivity contribution < 1.29 is 9.59 Å². The number of amides is 2. The lowest BCUT2D eigenvalue weighted by Gasteiger charge is -2.33. The summed E-state index contributed by atoms with van der Waals surface area (Å²) in [5.41, 5.74) is 2.43. The molecule has 1 aromatic carbocycles. The fraction of sp³-hybridized carbons (Fsp3) is 0.579. The zero-order valence-corrected chi connectivity index (χ0v) is 14.5. The molecule has 0 aromatic heterocycles. The summed E-state index contributed by atoms with van der Waals surface area (Å²) in [6, 6.07) is 8.50. The molecular formula is C19H28N2O2. The standard InChI is InChI=1S/C19H28N2O2/c1-14(2)19(23)21-11-9-17(10-12-21)20-18(22)8-7-16-6-4-5-15(3)13-16/h4-6,13-14,17H,7-12H2,1-3H3,(H,20,22). The van der Waals surface area contributed by atoms with Crippen molar-refractivity contribution in [1.82, 2.24) is 10.2 Å². The van der Waals surface area contributed by atoms with Crippen LogP contribution in [0.25, 0.3) is 0 Å². The van der Waals surface area contributed by atoms with Crippen LogP contribution >= 0.6 is 0 Å². The Morgan fingerprint density at radius 2 is 1.96 bits per heavy atom. The predicted octanol–water partition coefficient (Wildman–Crippen LogP) is 2.69. The van der Waals surface area contributed by atoms with Crippen molar-refractivity contribution in [3.63, 3.8) is 0 Å². The third kappa shape index (κ3) is 5.38. The number of hydrogen-bond donors (Lipinski definition) is 1. The topological polar surface area (TPSA) is 49.4 Å². The van der Waals surface area contributed by atoms with Gasteiger partial charge in [-0.3, -0.25) is 9.59 Å². The molecule has 0 spiro atoms. The average molecular weight is 316 g/mol. The van der Waals surface area contributed by atoms with Crippen LogP contribution < -0.4 is 5.32 Å². The number of piperidine rings is 1. The van der Waals surface area contributed by atoms with Gasteiger partial charge in [0.05, 0.1) is 0 Å². The number of nitrogens with one attached hydrogen (secondary N) is 1. The maximum absolute atomic E-state index is 12.1. The van der Waals surface area contributed by atoms with Gasteiger partial charge in [0, 0.05) is 31.5 Å². The van der Waals surface area contributed by atoms with Gasteiger partial charge in [-0.05, 0) is 31.7 Å². The molecule has 1 heterocycles. The zero-order valence-electron chi connectivity index (χ0n) is 14.5. The molecule has 2 amide bonds. The third-order valence-corrected chi connectivity index (χ3v) is 4.39. The van der Waals surface area contributed by atoms with Gasteiger partial charge in [0.2, 0.25) is 11.8 Å². The smallest absolute Gasteiger partial charge is 0.225 e. The zero-order chi connectivity index (χ0) is 16.8. The summed E-state index contributed by atoms with van der Waals surface area (Å²) in [6.07, 6.45) is 3.01. The average Bonchev–Trinajstić information content (AvgIpc) is 2.53. The van der Waals surface area contributed by atoms with Crippen LogP contribution in [0.4, 0.5) is 0 Å². The number of carbonyl (C=O) groups excluding carboxylic acids is 2. The molecule has 4 nitrogen and oxygen atoms in total. The lowest BCUT2D eigenvalue weighted by atomic mass is 10.0. The molecule has 1 aromatic rings. The monoisotopic (exact) mass is 316 g/mol. The highest BCUT2D eigenvalue weighted by molar-refractivity contribution is 5.78. The van der Waals surface area contributed by atoms with Gasteiger partial charge < -0.3 is 10.2 Å². The van der Waals surface area contributed by atoms with E-state index < -0.39 is 0 Å². The minimum absolute atomic E-state index is 0.0514. The highest BCUT2D eigenvalue weighted by atomic mass is 16.2. The number of likely N-dealkylation sites (tertiary alicyclic amines) is 1. The van der Waals surface area contributed by atoms with Gasteiger partial charge in [-0.25, -0.2) is 0 Å². The Morgan fingerprint density at radius 3 is 2.57 bits per heavy atom. The Balaban J connectivity index is 1.71. The van der Waals surface area contributed by atoms with Gasteiger partial charge in [-0.1, -0.05) is 43.7 Å². The van der Waals surface area contributed by atoms with Gasteiger partial charge in [0.1, 0.15) is 0 Å². The van der Waals surface area contributed by atoms with E-state index in [1.165, 1.54) is 11.1 Å². The van der Waals surface area contributed by atoms with E-state index in [2.05, 4.69) is 30.4 Å². The highest BCUT2D eigenvalue weighted by Crippen LogP contribution is 2.14. The second-order valence-corrected chi connectivity index (χ2v) is 6.81. The Hall–Kier alpha value is -1.84. The van der Waals surface area contributed by atoms with E-state index in [1.807, 2.05) is 24.8 Å². The van der Waals surface area contributed by atoms with E-state index in [9.17, 15) is 9.59 Å². The molecule has 126 valence electrons. The van der Waals surface area contributed by atoms with Crippen molar-refractivity contribution in [1.29, 1.82) is 0 Å². The lowest BCUT2D eigenvalue weighted by Crippen LogP contribution is -2.47. The Labute approximate surface area is 139 Å². The second kappa shape index (κ2) is 8.14. The van der Waals surface area contributed by atoms with Crippen LogP contribution in [0, 0.1) is 12.8 Å². The Morgan fingerprint density at radius 1 is 1.26 bits per heavy atom. The Bertz CT molecular complexity index is 546. The fourth-order valence-electron chi connectivity index (χ4n) is 3.03. The van der Waals surface area contributed by atoms with Gasteiger partial charge >= 0.3 is 0 Å². The summed E-state index contributed by atoms with van der Waals surface area (Å²) in [5.74, 6) is 0.379. The van der Waals surface area contributed by atoms with E-state index in [4.69, 9.17) is 0 Å². The van der Waals surface area contributed by atoms with Gasteiger partial charge in [0.25, 0.3) is 0 Å². The third-order valence-electron chi connectivity index (χ3n) is 4.39. The maximum Gasteiger partial charge on any atom is 0.225 e. The molecule has 1 aliphatic heterocycles. The number of nitrogens with zero attached hydrogens (tertiary/aromatic N) is 1. The molecule has 23 heavy (non-hydrogen) atoms. The van der Waals surface area contributed by atoms with E-state index >= 15 is 0 Å². The molecule has 0 aliphatic carbocycles. The first-order valence-corrected chi connectivity index (χ1v) is 8.59. The van der Waals surface area contributed by atoms with Crippen LogP contribution in [0.1, 0.15) is 44.2 Å². The van der Waals surface area contributed by atoms with Crippen molar-refractivity contribution in [3.05, 3.63) is 35.4 Å². The highest BCUT2D eigenvalue weighted by Gasteiger charge is 2.24. The van der Waals surface area contributed by atoms with Crippen LogP contribution in [-0.2, 0) is 16.0 Å². The number of rotatable bonds is 5. The van der Waals surface area contributed by atoms with Crippen LogP contribution in [0.3, 0.4) is 0 Å². The van der Waals surface area contributed by atoms with E-state index in [0.717, 1.165) is 32.4 Å². The summed E-state index contributed by atoms with van der Waals surface area (Å²) >= 11 is 0. The van der Waals surface area contributed by atoms with Crippen molar-refractivity contribution in [3.8, 4) is 0 Å². The summed E-state index contributed by atoms with van der Waals surface area (Å²) in [5, 5.41) is 3.12. The molecule has 1 fully saturated rings. The normalized spacial score (nSPS) is 15.7. The molecule has 1 saturated heterocycles. The number of benzene rings is 1.